The van der Waals surface area contributed by atoms with Crippen LogP contribution in [-0.2, 0) is 18.1 Å². The lowest BCUT2D eigenvalue weighted by atomic mass is 10.9. The van der Waals surface area contributed by atoms with Crippen molar-refractivity contribution in [1.29, 1.82) is 0 Å². The predicted octanol–water partition coefficient (Wildman–Crippen LogP) is 4.36. The van der Waals surface area contributed by atoms with Gasteiger partial charge >= 0.3 is 7.74 Å². The smallest absolute Gasteiger partial charge is 0.303 e. The van der Waals surface area contributed by atoms with E-state index in [0.29, 0.717) is 32.1 Å². The van der Waals surface area contributed by atoms with E-state index in [4.69, 9.17) is 13.6 Å². The molecule has 104 valence electrons. The highest BCUT2D eigenvalue weighted by Gasteiger charge is 2.28. The van der Waals surface area contributed by atoms with Crippen LogP contribution in [0.3, 0.4) is 0 Å². The standard InChI is InChI=1S/C10H25NO4P2/c1-6-13-17(14-7-2,15-8-3)11-16(12,9-4)10-5/h6-10H2,1-5H3. The molecule has 17 heavy (non-hydrogen) atoms. The number of rotatable bonds is 9. The van der Waals surface area contributed by atoms with Gasteiger partial charge in [-0.3, -0.25) is 4.57 Å². The summed E-state index contributed by atoms with van der Waals surface area (Å²) in [4.78, 5) is 0. The Morgan fingerprint density at radius 3 is 1.41 bits per heavy atom. The van der Waals surface area contributed by atoms with Crippen LogP contribution in [0.1, 0.15) is 34.6 Å². The normalized spacial score (nSPS) is 12.8. The van der Waals surface area contributed by atoms with Crippen molar-refractivity contribution in [2.24, 2.45) is 4.52 Å². The zero-order chi connectivity index (χ0) is 13.4. The highest BCUT2D eigenvalue weighted by Crippen LogP contribution is 2.63. The first-order valence-electron chi connectivity index (χ1n) is 6.16. The molecule has 0 saturated carbocycles. The molecule has 0 aromatic heterocycles. The van der Waals surface area contributed by atoms with Crippen molar-refractivity contribution in [2.45, 2.75) is 34.6 Å². The van der Waals surface area contributed by atoms with Crippen LogP contribution in [-0.4, -0.2) is 32.1 Å². The van der Waals surface area contributed by atoms with Gasteiger partial charge in [0.05, 0.1) is 19.8 Å². The van der Waals surface area contributed by atoms with Gasteiger partial charge in [-0.2, -0.15) is 4.52 Å². The summed E-state index contributed by atoms with van der Waals surface area (Å²) in [6, 6.07) is 0. The van der Waals surface area contributed by atoms with Gasteiger partial charge < -0.3 is 13.6 Å². The van der Waals surface area contributed by atoms with Crippen LogP contribution >= 0.6 is 15.0 Å². The fourth-order valence-electron chi connectivity index (χ4n) is 1.23. The zero-order valence-electron chi connectivity index (χ0n) is 11.5. The summed E-state index contributed by atoms with van der Waals surface area (Å²) in [6.07, 6.45) is 1.02. The molecular formula is C10H25NO4P2. The summed E-state index contributed by atoms with van der Waals surface area (Å²) < 4.78 is 33.4. The second-order valence-corrected chi connectivity index (χ2v) is 8.67. The van der Waals surface area contributed by atoms with Crippen molar-refractivity contribution in [3.63, 3.8) is 0 Å². The molecule has 7 heteroatoms. The molecule has 0 heterocycles. The maximum absolute atomic E-state index is 12.4. The minimum Gasteiger partial charge on any atom is -0.303 e. The molecule has 0 fully saturated rings. The number of hydrogen-bond donors (Lipinski definition) is 0. The monoisotopic (exact) mass is 285 g/mol. The lowest BCUT2D eigenvalue weighted by Gasteiger charge is -2.24. The maximum Gasteiger partial charge on any atom is 0.361 e. The van der Waals surface area contributed by atoms with Gasteiger partial charge in [0.15, 0.2) is 7.29 Å². The minimum atomic E-state index is -2.79. The number of nitrogens with zero attached hydrogens (tertiary/aromatic N) is 1. The van der Waals surface area contributed by atoms with E-state index >= 15 is 0 Å². The molecule has 0 bridgehead atoms. The van der Waals surface area contributed by atoms with Gasteiger partial charge in [0.2, 0.25) is 0 Å². The van der Waals surface area contributed by atoms with E-state index in [1.165, 1.54) is 0 Å². The lowest BCUT2D eigenvalue weighted by molar-refractivity contribution is 0.164. The van der Waals surface area contributed by atoms with Crippen molar-refractivity contribution in [3.8, 4) is 0 Å². The first-order chi connectivity index (χ1) is 8.01. The molecule has 0 aliphatic carbocycles. The number of hydrogen-bond acceptors (Lipinski definition) is 4. The fourth-order valence-corrected chi connectivity index (χ4v) is 6.11. The van der Waals surface area contributed by atoms with Crippen molar-refractivity contribution in [3.05, 3.63) is 0 Å². The molecule has 0 atom stereocenters. The lowest BCUT2D eigenvalue weighted by Crippen LogP contribution is -2.01. The Morgan fingerprint density at radius 1 is 0.824 bits per heavy atom. The Labute approximate surface area is 105 Å². The average Bonchev–Trinajstić information content (AvgIpc) is 2.30. The average molecular weight is 285 g/mol. The van der Waals surface area contributed by atoms with Gasteiger partial charge in [0.1, 0.15) is 0 Å². The van der Waals surface area contributed by atoms with E-state index in [1.807, 2.05) is 34.6 Å². The van der Waals surface area contributed by atoms with Crippen molar-refractivity contribution < 1.29 is 18.1 Å². The Bertz CT molecular complexity index is 275. The van der Waals surface area contributed by atoms with Gasteiger partial charge in [-0.05, 0) is 20.8 Å². The third-order valence-electron chi connectivity index (χ3n) is 2.14. The van der Waals surface area contributed by atoms with Crippen LogP contribution in [0, 0.1) is 0 Å². The highest BCUT2D eigenvalue weighted by molar-refractivity contribution is 7.69. The predicted molar refractivity (Wildman–Crippen MR) is 72.9 cm³/mol. The minimum absolute atomic E-state index is 0.435. The Morgan fingerprint density at radius 2 is 1.18 bits per heavy atom. The largest absolute Gasteiger partial charge is 0.361 e. The molecule has 0 N–H and O–H groups in total. The van der Waals surface area contributed by atoms with E-state index in [-0.39, 0.29) is 0 Å². The van der Waals surface area contributed by atoms with E-state index in [9.17, 15) is 4.57 Å². The van der Waals surface area contributed by atoms with E-state index < -0.39 is 15.0 Å². The second-order valence-electron chi connectivity index (χ2n) is 3.29. The first-order valence-corrected chi connectivity index (χ1v) is 9.69. The third-order valence-corrected chi connectivity index (χ3v) is 8.05. The molecule has 0 aromatic carbocycles. The first kappa shape index (κ1) is 17.3. The van der Waals surface area contributed by atoms with Crippen molar-refractivity contribution in [1.82, 2.24) is 0 Å². The fraction of sp³-hybridized carbons (Fsp3) is 1.00. The summed E-state index contributed by atoms with van der Waals surface area (Å²) in [7, 11) is -5.38. The van der Waals surface area contributed by atoms with Crippen LogP contribution in [0.25, 0.3) is 0 Å². The zero-order valence-corrected chi connectivity index (χ0v) is 13.3. The van der Waals surface area contributed by atoms with Crippen LogP contribution in [0.15, 0.2) is 4.52 Å². The molecule has 0 aliphatic heterocycles. The third kappa shape index (κ3) is 5.67. The summed E-state index contributed by atoms with van der Waals surface area (Å²) in [5.41, 5.74) is 0. The van der Waals surface area contributed by atoms with Crippen LogP contribution in [0.2, 0.25) is 0 Å². The summed E-state index contributed by atoms with van der Waals surface area (Å²) in [6.45, 7) is 10.6. The van der Waals surface area contributed by atoms with Gasteiger partial charge in [-0.25, -0.2) is 0 Å². The van der Waals surface area contributed by atoms with Crippen LogP contribution in [0.5, 0.6) is 0 Å². The maximum atomic E-state index is 12.4. The Kier molecular flexibility index (Phi) is 8.61. The van der Waals surface area contributed by atoms with Crippen molar-refractivity contribution in [2.75, 3.05) is 32.1 Å². The summed E-state index contributed by atoms with van der Waals surface area (Å²) in [5.74, 6) is 0. The second kappa shape index (κ2) is 8.44. The van der Waals surface area contributed by atoms with E-state index in [1.54, 1.807) is 0 Å². The van der Waals surface area contributed by atoms with E-state index in [2.05, 4.69) is 4.52 Å². The van der Waals surface area contributed by atoms with Gasteiger partial charge in [0, 0.05) is 12.3 Å². The molecular weight excluding hydrogens is 260 g/mol. The van der Waals surface area contributed by atoms with Crippen LogP contribution < -0.4 is 0 Å². The molecule has 5 nitrogen and oxygen atoms in total. The molecule has 0 radical (unpaired) electrons. The molecule has 0 saturated heterocycles. The molecule has 0 amide bonds. The quantitative estimate of drug-likeness (QED) is 0.590. The van der Waals surface area contributed by atoms with E-state index in [0.717, 1.165) is 0 Å². The van der Waals surface area contributed by atoms with Gasteiger partial charge in [0.25, 0.3) is 0 Å². The van der Waals surface area contributed by atoms with Gasteiger partial charge in [-0.1, -0.05) is 13.8 Å². The Hall–Kier alpha value is 0.340. The topological polar surface area (TPSA) is 57.1 Å². The summed E-state index contributed by atoms with van der Waals surface area (Å²) in [5, 5.41) is 0. The van der Waals surface area contributed by atoms with Gasteiger partial charge in [-0.15, -0.1) is 0 Å². The van der Waals surface area contributed by atoms with Crippen molar-refractivity contribution >= 4 is 15.0 Å². The molecule has 0 spiro atoms. The SMILES string of the molecule is CCOP(=NP(=O)(CC)CC)(OCC)OCC. The molecule has 0 aromatic rings. The molecule has 0 aliphatic rings. The summed E-state index contributed by atoms with van der Waals surface area (Å²) >= 11 is 0. The Balaban J connectivity index is 5.37. The van der Waals surface area contributed by atoms with Crippen LogP contribution in [0.4, 0.5) is 0 Å². The molecule has 0 rings (SSSR count). The molecule has 0 unspecified atom stereocenters. The highest BCUT2D eigenvalue weighted by atomic mass is 31.2.